The molecule has 1 aliphatic heterocycles. The predicted molar refractivity (Wildman–Crippen MR) is 82.9 cm³/mol. The molecule has 0 radical (unpaired) electrons. The van der Waals surface area contributed by atoms with Gasteiger partial charge in [0.2, 0.25) is 0 Å². The lowest BCUT2D eigenvalue weighted by Crippen LogP contribution is -2.31. The first-order chi connectivity index (χ1) is 10.1. The van der Waals surface area contributed by atoms with E-state index in [1.54, 1.807) is 14.0 Å². The second-order valence-electron chi connectivity index (χ2n) is 5.55. The third kappa shape index (κ3) is 4.29. The third-order valence-corrected chi connectivity index (χ3v) is 4.01. The summed E-state index contributed by atoms with van der Waals surface area (Å²) in [7, 11) is 1.67. The number of carbonyl (C=O) groups excluding carboxylic acids is 1. The Bertz CT molecular complexity index is 481. The van der Waals surface area contributed by atoms with E-state index in [9.17, 15) is 4.79 Å². The van der Waals surface area contributed by atoms with Crippen LogP contribution < -0.4 is 4.74 Å². The molecule has 1 unspecified atom stereocenters. The van der Waals surface area contributed by atoms with E-state index in [-0.39, 0.29) is 5.78 Å². The van der Waals surface area contributed by atoms with Gasteiger partial charge in [-0.15, -0.1) is 0 Å². The first-order valence-corrected chi connectivity index (χ1v) is 7.65. The Labute approximate surface area is 127 Å². The van der Waals surface area contributed by atoms with Gasteiger partial charge < -0.3 is 9.47 Å². The number of ether oxygens (including phenoxy) is 2. The number of Topliss-reactive ketones (excluding diaryl/α,β-unsaturated/α-hetero) is 1. The summed E-state index contributed by atoms with van der Waals surface area (Å²) in [5.74, 6) is 0.923. The maximum Gasteiger partial charge on any atom is 0.159 e. The van der Waals surface area contributed by atoms with Crippen LogP contribution in [0.2, 0.25) is 0 Å². The fraction of sp³-hybridized carbons (Fsp3) is 0.588. The van der Waals surface area contributed by atoms with E-state index in [4.69, 9.17) is 9.47 Å². The molecule has 0 spiro atoms. The number of methoxy groups -OCH3 is 1. The SMILES string of the molecule is CCN(Cc1cc(C(C)=O)ccc1OC)CC1CCCO1. The van der Waals surface area contributed by atoms with E-state index in [0.717, 1.165) is 56.0 Å². The van der Waals surface area contributed by atoms with Gasteiger partial charge in [0.1, 0.15) is 5.75 Å². The molecule has 0 aliphatic carbocycles. The average Bonchev–Trinajstić information content (AvgIpc) is 2.99. The molecule has 4 nitrogen and oxygen atoms in total. The normalized spacial score (nSPS) is 18.2. The van der Waals surface area contributed by atoms with Gasteiger partial charge in [0.25, 0.3) is 0 Å². The molecule has 0 N–H and O–H groups in total. The maximum atomic E-state index is 11.6. The Balaban J connectivity index is 2.10. The van der Waals surface area contributed by atoms with E-state index < -0.39 is 0 Å². The fourth-order valence-corrected chi connectivity index (χ4v) is 2.74. The van der Waals surface area contributed by atoms with Crippen LogP contribution in [0.4, 0.5) is 0 Å². The molecule has 1 aromatic rings. The molecule has 1 heterocycles. The average molecular weight is 291 g/mol. The van der Waals surface area contributed by atoms with Gasteiger partial charge in [0.15, 0.2) is 5.78 Å². The zero-order valence-corrected chi connectivity index (χ0v) is 13.2. The molecule has 1 aliphatic rings. The number of ketones is 1. The van der Waals surface area contributed by atoms with Gasteiger partial charge in [0, 0.05) is 30.8 Å². The van der Waals surface area contributed by atoms with Crippen molar-refractivity contribution in [3.05, 3.63) is 29.3 Å². The number of nitrogens with zero attached hydrogens (tertiary/aromatic N) is 1. The topological polar surface area (TPSA) is 38.8 Å². The Hall–Kier alpha value is -1.39. The highest BCUT2D eigenvalue weighted by Crippen LogP contribution is 2.23. The first-order valence-electron chi connectivity index (χ1n) is 7.65. The molecule has 0 saturated carbocycles. The highest BCUT2D eigenvalue weighted by molar-refractivity contribution is 5.94. The number of hydrogen-bond acceptors (Lipinski definition) is 4. The van der Waals surface area contributed by atoms with Crippen LogP contribution in [-0.4, -0.2) is 43.6 Å². The lowest BCUT2D eigenvalue weighted by molar-refractivity contribution is 0.0722. The van der Waals surface area contributed by atoms with Crippen LogP contribution in [0.5, 0.6) is 5.75 Å². The Morgan fingerprint density at radius 1 is 1.48 bits per heavy atom. The molecule has 1 aromatic carbocycles. The van der Waals surface area contributed by atoms with Crippen LogP contribution in [-0.2, 0) is 11.3 Å². The summed E-state index contributed by atoms with van der Waals surface area (Å²) < 4.78 is 11.1. The largest absolute Gasteiger partial charge is 0.496 e. The molecule has 1 saturated heterocycles. The number of benzene rings is 1. The third-order valence-electron chi connectivity index (χ3n) is 4.01. The van der Waals surface area contributed by atoms with Crippen LogP contribution in [0.1, 0.15) is 42.6 Å². The summed E-state index contributed by atoms with van der Waals surface area (Å²) in [5.41, 5.74) is 1.80. The van der Waals surface area contributed by atoms with Crippen LogP contribution in [0.15, 0.2) is 18.2 Å². The minimum absolute atomic E-state index is 0.0843. The van der Waals surface area contributed by atoms with Gasteiger partial charge in [-0.1, -0.05) is 6.92 Å². The molecule has 0 amide bonds. The Morgan fingerprint density at radius 2 is 2.29 bits per heavy atom. The van der Waals surface area contributed by atoms with Crippen molar-refractivity contribution in [2.45, 2.75) is 39.3 Å². The second kappa shape index (κ2) is 7.57. The van der Waals surface area contributed by atoms with Gasteiger partial charge in [-0.2, -0.15) is 0 Å². The van der Waals surface area contributed by atoms with E-state index in [0.29, 0.717) is 6.10 Å². The molecule has 116 valence electrons. The van der Waals surface area contributed by atoms with Gasteiger partial charge in [-0.25, -0.2) is 0 Å². The van der Waals surface area contributed by atoms with E-state index >= 15 is 0 Å². The summed E-state index contributed by atoms with van der Waals surface area (Å²) in [6.07, 6.45) is 2.64. The second-order valence-corrected chi connectivity index (χ2v) is 5.55. The van der Waals surface area contributed by atoms with Crippen LogP contribution >= 0.6 is 0 Å². The molecule has 21 heavy (non-hydrogen) atoms. The lowest BCUT2D eigenvalue weighted by atomic mass is 10.1. The van der Waals surface area contributed by atoms with Crippen molar-refractivity contribution in [2.75, 3.05) is 26.8 Å². The smallest absolute Gasteiger partial charge is 0.159 e. The lowest BCUT2D eigenvalue weighted by Gasteiger charge is -2.24. The zero-order chi connectivity index (χ0) is 15.2. The summed E-state index contributed by atoms with van der Waals surface area (Å²) in [6, 6.07) is 5.65. The van der Waals surface area contributed by atoms with Gasteiger partial charge in [-0.3, -0.25) is 9.69 Å². The molecule has 0 aromatic heterocycles. The van der Waals surface area contributed by atoms with Crippen molar-refractivity contribution < 1.29 is 14.3 Å². The van der Waals surface area contributed by atoms with E-state index in [1.165, 1.54) is 0 Å². The molecule has 2 rings (SSSR count). The minimum Gasteiger partial charge on any atom is -0.496 e. The first kappa shape index (κ1) is 16.0. The standard InChI is InChI=1S/C17H25NO3/c1-4-18(12-16-6-5-9-21-16)11-15-10-14(13(2)19)7-8-17(15)20-3/h7-8,10,16H,4-6,9,11-12H2,1-3H3. The highest BCUT2D eigenvalue weighted by atomic mass is 16.5. The number of likely N-dealkylation sites (N-methyl/N-ethyl adjacent to an activating group) is 1. The van der Waals surface area contributed by atoms with Crippen molar-refractivity contribution in [1.82, 2.24) is 4.90 Å². The fourth-order valence-electron chi connectivity index (χ4n) is 2.74. The van der Waals surface area contributed by atoms with Gasteiger partial charge in [-0.05, 0) is 44.5 Å². The summed E-state index contributed by atoms with van der Waals surface area (Å²) >= 11 is 0. The van der Waals surface area contributed by atoms with Crippen molar-refractivity contribution >= 4 is 5.78 Å². The molecule has 0 bridgehead atoms. The van der Waals surface area contributed by atoms with Crippen molar-refractivity contribution in [1.29, 1.82) is 0 Å². The number of rotatable bonds is 7. The quantitative estimate of drug-likeness (QED) is 0.724. The Kier molecular flexibility index (Phi) is 5.76. The summed E-state index contributed by atoms with van der Waals surface area (Å²) in [4.78, 5) is 13.9. The van der Waals surface area contributed by atoms with Gasteiger partial charge in [0.05, 0.1) is 13.2 Å². The van der Waals surface area contributed by atoms with Crippen molar-refractivity contribution in [3.63, 3.8) is 0 Å². The number of hydrogen-bond donors (Lipinski definition) is 0. The van der Waals surface area contributed by atoms with Crippen LogP contribution in [0.3, 0.4) is 0 Å². The van der Waals surface area contributed by atoms with Gasteiger partial charge >= 0.3 is 0 Å². The Morgan fingerprint density at radius 3 is 2.86 bits per heavy atom. The zero-order valence-electron chi connectivity index (χ0n) is 13.2. The molecule has 1 fully saturated rings. The predicted octanol–water partition coefficient (Wildman–Crippen LogP) is 2.90. The minimum atomic E-state index is 0.0843. The summed E-state index contributed by atoms with van der Waals surface area (Å²) in [6.45, 7) is 7.29. The molecule has 1 atom stereocenters. The molecular formula is C17H25NO3. The molecule has 4 heteroatoms. The van der Waals surface area contributed by atoms with Crippen LogP contribution in [0, 0.1) is 0 Å². The maximum absolute atomic E-state index is 11.6. The number of carbonyl (C=O) groups is 1. The monoisotopic (exact) mass is 291 g/mol. The van der Waals surface area contributed by atoms with Crippen molar-refractivity contribution in [3.8, 4) is 5.75 Å². The van der Waals surface area contributed by atoms with E-state index in [2.05, 4.69) is 11.8 Å². The van der Waals surface area contributed by atoms with E-state index in [1.807, 2.05) is 18.2 Å². The summed E-state index contributed by atoms with van der Waals surface area (Å²) in [5, 5.41) is 0. The van der Waals surface area contributed by atoms with Crippen molar-refractivity contribution in [2.24, 2.45) is 0 Å². The molecular weight excluding hydrogens is 266 g/mol. The van der Waals surface area contributed by atoms with Crippen LogP contribution in [0.25, 0.3) is 0 Å². The highest BCUT2D eigenvalue weighted by Gasteiger charge is 2.19.